The summed E-state index contributed by atoms with van der Waals surface area (Å²) in [5.41, 5.74) is 3.72. The number of carbonyl (C=O) groups excluding carboxylic acids is 2. The summed E-state index contributed by atoms with van der Waals surface area (Å²) < 4.78 is 0. The van der Waals surface area contributed by atoms with Crippen LogP contribution in [0.4, 0.5) is 5.69 Å². The number of terminal acetylenes is 1. The Bertz CT molecular complexity index is 1230. The van der Waals surface area contributed by atoms with Crippen molar-refractivity contribution in [1.29, 1.82) is 0 Å². The summed E-state index contributed by atoms with van der Waals surface area (Å²) in [7, 11) is 3.98. The third kappa shape index (κ3) is 3.12. The molecule has 29 heavy (non-hydrogen) atoms. The van der Waals surface area contributed by atoms with Crippen LogP contribution in [-0.2, 0) is 0 Å². The molecule has 4 nitrogen and oxygen atoms in total. The molecule has 2 amide bonds. The highest BCUT2D eigenvalue weighted by Gasteiger charge is 2.32. The zero-order valence-corrected chi connectivity index (χ0v) is 16.2. The summed E-state index contributed by atoms with van der Waals surface area (Å²) in [6.45, 7) is -0.0437. The van der Waals surface area contributed by atoms with Gasteiger partial charge in [0.1, 0.15) is 0 Å². The molecule has 0 fully saturated rings. The number of rotatable bonds is 2. The van der Waals surface area contributed by atoms with E-state index >= 15 is 0 Å². The molecule has 1 aliphatic rings. The molecule has 0 bridgehead atoms. The molecule has 0 unspecified atom stereocenters. The van der Waals surface area contributed by atoms with Gasteiger partial charge in [0, 0.05) is 47.4 Å². The van der Waals surface area contributed by atoms with E-state index in [9.17, 15) is 9.59 Å². The fourth-order valence-corrected chi connectivity index (χ4v) is 3.47. The van der Waals surface area contributed by atoms with Crippen LogP contribution in [0.5, 0.6) is 0 Å². The monoisotopic (exact) mass is 378 g/mol. The van der Waals surface area contributed by atoms with E-state index in [0.717, 1.165) is 27.1 Å². The van der Waals surface area contributed by atoms with Crippen LogP contribution in [0.1, 0.15) is 31.8 Å². The highest BCUT2D eigenvalue weighted by atomic mass is 16.2. The first-order chi connectivity index (χ1) is 14.0. The van der Waals surface area contributed by atoms with Crippen molar-refractivity contribution in [2.24, 2.45) is 0 Å². The number of carbonyl (C=O) groups is 2. The zero-order chi connectivity index (χ0) is 20.5. The van der Waals surface area contributed by atoms with Crippen LogP contribution in [0, 0.1) is 24.2 Å². The SMILES string of the molecule is C#CCN1C(=O)c2cccc3c(C#Cc4ccc(N(C)C)cc4)ccc(c23)C1=O. The highest BCUT2D eigenvalue weighted by molar-refractivity contribution is 6.26. The fraction of sp³-hybridized carbons (Fsp3) is 0.120. The van der Waals surface area contributed by atoms with Crippen LogP contribution < -0.4 is 4.90 Å². The number of hydrogen-bond donors (Lipinski definition) is 0. The topological polar surface area (TPSA) is 40.6 Å². The lowest BCUT2D eigenvalue weighted by atomic mass is 9.91. The average Bonchev–Trinajstić information content (AvgIpc) is 2.74. The summed E-state index contributed by atoms with van der Waals surface area (Å²) in [6.07, 6.45) is 5.33. The first kappa shape index (κ1) is 18.3. The molecule has 1 aliphatic heterocycles. The number of hydrogen-bond acceptors (Lipinski definition) is 3. The van der Waals surface area contributed by atoms with Crippen LogP contribution >= 0.6 is 0 Å². The van der Waals surface area contributed by atoms with Crippen molar-refractivity contribution in [3.05, 3.63) is 76.9 Å². The van der Waals surface area contributed by atoms with Crippen molar-refractivity contribution in [3.8, 4) is 24.2 Å². The normalized spacial score (nSPS) is 12.4. The van der Waals surface area contributed by atoms with Crippen LogP contribution in [0.3, 0.4) is 0 Å². The second-order valence-corrected chi connectivity index (χ2v) is 6.98. The molecule has 0 aliphatic carbocycles. The predicted octanol–water partition coefficient (Wildman–Crippen LogP) is 3.53. The summed E-state index contributed by atoms with van der Waals surface area (Å²) in [5, 5.41) is 1.44. The van der Waals surface area contributed by atoms with Gasteiger partial charge >= 0.3 is 0 Å². The van der Waals surface area contributed by atoms with Crippen LogP contribution in [0.25, 0.3) is 10.8 Å². The second kappa shape index (κ2) is 7.19. The van der Waals surface area contributed by atoms with Gasteiger partial charge in [-0.15, -0.1) is 6.42 Å². The molecule has 4 heteroatoms. The molecule has 0 saturated carbocycles. The number of benzene rings is 3. The maximum Gasteiger partial charge on any atom is 0.262 e. The standard InChI is InChI=1S/C25H18N2O2/c1-4-16-27-24(28)21-7-5-6-20-18(12-15-22(23(20)21)25(27)29)11-8-17-9-13-19(14-10-17)26(2)3/h1,5-7,9-10,12-15H,16H2,2-3H3. The van der Waals surface area contributed by atoms with E-state index < -0.39 is 0 Å². The van der Waals surface area contributed by atoms with Gasteiger partial charge in [-0.3, -0.25) is 14.5 Å². The molecule has 0 saturated heterocycles. The number of anilines is 1. The lowest BCUT2D eigenvalue weighted by Gasteiger charge is -2.25. The van der Waals surface area contributed by atoms with E-state index in [1.165, 1.54) is 0 Å². The van der Waals surface area contributed by atoms with E-state index in [1.54, 1.807) is 18.2 Å². The van der Waals surface area contributed by atoms with E-state index in [4.69, 9.17) is 6.42 Å². The van der Waals surface area contributed by atoms with E-state index in [1.807, 2.05) is 55.4 Å². The zero-order valence-electron chi connectivity index (χ0n) is 16.2. The molecule has 140 valence electrons. The van der Waals surface area contributed by atoms with Crippen LogP contribution in [0.2, 0.25) is 0 Å². The molecular formula is C25H18N2O2. The Morgan fingerprint density at radius 1 is 0.897 bits per heavy atom. The molecule has 0 radical (unpaired) electrons. The van der Waals surface area contributed by atoms with E-state index in [0.29, 0.717) is 16.5 Å². The van der Waals surface area contributed by atoms with Gasteiger partial charge in [0.2, 0.25) is 0 Å². The van der Waals surface area contributed by atoms with Gasteiger partial charge in [-0.25, -0.2) is 0 Å². The summed E-state index contributed by atoms with van der Waals surface area (Å²) in [5.74, 6) is 8.01. The molecule has 0 spiro atoms. The van der Waals surface area contributed by atoms with Gasteiger partial charge in [-0.05, 0) is 47.9 Å². The molecular weight excluding hydrogens is 360 g/mol. The minimum atomic E-state index is -0.365. The maximum absolute atomic E-state index is 12.8. The first-order valence-electron chi connectivity index (χ1n) is 9.16. The molecule has 0 N–H and O–H groups in total. The van der Waals surface area contributed by atoms with Crippen LogP contribution in [0.15, 0.2) is 54.6 Å². The van der Waals surface area contributed by atoms with Gasteiger partial charge in [0.15, 0.2) is 0 Å². The number of amides is 2. The predicted molar refractivity (Wildman–Crippen MR) is 115 cm³/mol. The molecule has 4 rings (SSSR count). The Morgan fingerprint density at radius 2 is 1.59 bits per heavy atom. The average molecular weight is 378 g/mol. The number of imide groups is 1. The van der Waals surface area contributed by atoms with Gasteiger partial charge < -0.3 is 4.90 Å². The largest absolute Gasteiger partial charge is 0.378 e. The molecule has 3 aromatic carbocycles. The molecule has 0 aromatic heterocycles. The van der Waals surface area contributed by atoms with Gasteiger partial charge in [0.05, 0.1) is 6.54 Å². The van der Waals surface area contributed by atoms with Crippen molar-refractivity contribution in [2.45, 2.75) is 0 Å². The van der Waals surface area contributed by atoms with Gasteiger partial charge in [0.25, 0.3) is 11.8 Å². The van der Waals surface area contributed by atoms with Crippen molar-refractivity contribution in [1.82, 2.24) is 4.90 Å². The Labute approximate surface area is 169 Å². The minimum Gasteiger partial charge on any atom is -0.378 e. The van der Waals surface area contributed by atoms with Crippen molar-refractivity contribution < 1.29 is 9.59 Å². The number of nitrogens with zero attached hydrogens (tertiary/aromatic N) is 2. The quantitative estimate of drug-likeness (QED) is 0.506. The van der Waals surface area contributed by atoms with Crippen molar-refractivity contribution in [3.63, 3.8) is 0 Å². The lowest BCUT2D eigenvalue weighted by Crippen LogP contribution is -2.40. The lowest BCUT2D eigenvalue weighted by molar-refractivity contribution is 0.0632. The Kier molecular flexibility index (Phi) is 4.55. The van der Waals surface area contributed by atoms with Gasteiger partial charge in [-0.1, -0.05) is 29.9 Å². The Balaban J connectivity index is 1.80. The summed E-state index contributed by atoms with van der Waals surface area (Å²) in [6, 6.07) is 16.9. The Hall–Kier alpha value is -4.02. The highest BCUT2D eigenvalue weighted by Crippen LogP contribution is 2.31. The molecule has 1 heterocycles. The third-order valence-corrected chi connectivity index (χ3v) is 4.97. The molecule has 3 aromatic rings. The molecule has 0 atom stereocenters. The van der Waals surface area contributed by atoms with E-state index in [2.05, 4.69) is 17.8 Å². The Morgan fingerprint density at radius 3 is 2.24 bits per heavy atom. The fourth-order valence-electron chi connectivity index (χ4n) is 3.47. The van der Waals surface area contributed by atoms with Crippen molar-refractivity contribution >= 4 is 28.3 Å². The summed E-state index contributed by atoms with van der Waals surface area (Å²) >= 11 is 0. The van der Waals surface area contributed by atoms with E-state index in [-0.39, 0.29) is 18.4 Å². The van der Waals surface area contributed by atoms with Gasteiger partial charge in [-0.2, -0.15) is 0 Å². The third-order valence-electron chi connectivity index (χ3n) is 4.97. The first-order valence-corrected chi connectivity index (χ1v) is 9.16. The second-order valence-electron chi connectivity index (χ2n) is 6.98. The van der Waals surface area contributed by atoms with Crippen LogP contribution in [-0.4, -0.2) is 37.4 Å². The maximum atomic E-state index is 12.8. The van der Waals surface area contributed by atoms with Crippen molar-refractivity contribution in [2.75, 3.05) is 25.5 Å². The smallest absolute Gasteiger partial charge is 0.262 e. The summed E-state index contributed by atoms with van der Waals surface area (Å²) in [4.78, 5) is 28.6. The minimum absolute atomic E-state index is 0.0437.